The quantitative estimate of drug-likeness (QED) is 0.628. The van der Waals surface area contributed by atoms with Gasteiger partial charge >= 0.3 is 6.18 Å². The fourth-order valence-corrected chi connectivity index (χ4v) is 2.83. The molecule has 32 heavy (non-hydrogen) atoms. The summed E-state index contributed by atoms with van der Waals surface area (Å²) in [7, 11) is 0. The lowest BCUT2D eigenvalue weighted by Crippen LogP contribution is -2.43. The molecule has 1 amide bonds. The van der Waals surface area contributed by atoms with Gasteiger partial charge in [-0.25, -0.2) is 4.68 Å². The minimum Gasteiger partial charge on any atom is -0.378 e. The number of aliphatic hydroxyl groups is 1. The Morgan fingerprint density at radius 1 is 1.16 bits per heavy atom. The Morgan fingerprint density at radius 2 is 1.84 bits per heavy atom. The van der Waals surface area contributed by atoms with E-state index < -0.39 is 28.8 Å². The van der Waals surface area contributed by atoms with Gasteiger partial charge < -0.3 is 10.4 Å². The largest absolute Gasteiger partial charge is 0.417 e. The number of carbonyl (C=O) groups is 1. The smallest absolute Gasteiger partial charge is 0.378 e. The third kappa shape index (κ3) is 4.91. The van der Waals surface area contributed by atoms with Gasteiger partial charge in [-0.2, -0.15) is 23.7 Å². The molecule has 162 valence electrons. The highest BCUT2D eigenvalue weighted by molar-refractivity contribution is 5.96. The van der Waals surface area contributed by atoms with E-state index in [4.69, 9.17) is 10.5 Å². The number of rotatable bonds is 5. The zero-order chi connectivity index (χ0) is 23.5. The highest BCUT2D eigenvalue weighted by Gasteiger charge is 2.35. The van der Waals surface area contributed by atoms with Crippen LogP contribution in [0.25, 0.3) is 11.3 Å². The highest BCUT2D eigenvalue weighted by atomic mass is 19.4. The molecule has 0 aliphatic heterocycles. The Balaban J connectivity index is 1.75. The number of benzene rings is 2. The van der Waals surface area contributed by atoms with Gasteiger partial charge in [0.15, 0.2) is 5.60 Å². The van der Waals surface area contributed by atoms with Gasteiger partial charge in [0.2, 0.25) is 0 Å². The third-order valence-electron chi connectivity index (χ3n) is 4.51. The first-order valence-corrected chi connectivity index (χ1v) is 9.09. The molecule has 2 N–H and O–H groups in total. The van der Waals surface area contributed by atoms with Gasteiger partial charge in [-0.1, -0.05) is 17.3 Å². The van der Waals surface area contributed by atoms with E-state index in [9.17, 15) is 23.1 Å². The molecular weight excluding hydrogens is 425 g/mol. The number of halogens is 3. The Hall–Kier alpha value is -4.22. The lowest BCUT2D eigenvalue weighted by Gasteiger charge is -2.22. The van der Waals surface area contributed by atoms with E-state index >= 15 is 0 Å². The highest BCUT2D eigenvalue weighted by Crippen LogP contribution is 2.33. The Bertz CT molecular complexity index is 1230. The number of nitrogens with zero attached hydrogens (tertiary/aromatic N) is 5. The van der Waals surface area contributed by atoms with Crippen molar-refractivity contribution in [3.05, 3.63) is 65.4 Å². The summed E-state index contributed by atoms with van der Waals surface area (Å²) in [6.07, 6.45) is -3.30. The third-order valence-corrected chi connectivity index (χ3v) is 4.51. The first kappa shape index (κ1) is 22.5. The summed E-state index contributed by atoms with van der Waals surface area (Å²) in [5.41, 5.74) is -2.47. The molecule has 8 nitrogen and oxygen atoms in total. The second kappa shape index (κ2) is 8.49. The summed E-state index contributed by atoms with van der Waals surface area (Å²) in [4.78, 5) is 12.5. The molecule has 1 aromatic heterocycles. The number of nitriles is 2. The molecular formula is C21H15F3N6O2. The molecule has 11 heteroatoms. The maximum Gasteiger partial charge on any atom is 0.417 e. The maximum atomic E-state index is 13.1. The van der Waals surface area contributed by atoms with Crippen molar-refractivity contribution in [1.29, 1.82) is 10.5 Å². The van der Waals surface area contributed by atoms with E-state index in [1.165, 1.54) is 23.9 Å². The summed E-state index contributed by atoms with van der Waals surface area (Å²) in [5.74, 6) is -0.967. The predicted molar refractivity (Wildman–Crippen MR) is 106 cm³/mol. The summed E-state index contributed by atoms with van der Waals surface area (Å²) < 4.78 is 40.5. The molecule has 0 aliphatic carbocycles. The van der Waals surface area contributed by atoms with E-state index in [-0.39, 0.29) is 12.2 Å². The minimum atomic E-state index is -4.78. The molecule has 0 bridgehead atoms. The van der Waals surface area contributed by atoms with E-state index in [1.54, 1.807) is 24.3 Å². The minimum absolute atomic E-state index is 0.224. The zero-order valence-corrected chi connectivity index (χ0v) is 16.6. The van der Waals surface area contributed by atoms with Gasteiger partial charge in [-0.3, -0.25) is 4.79 Å². The maximum absolute atomic E-state index is 13.1. The van der Waals surface area contributed by atoms with Crippen molar-refractivity contribution < 1.29 is 23.1 Å². The molecule has 1 atom stereocenters. The second-order valence-corrected chi connectivity index (χ2v) is 7.09. The first-order valence-electron chi connectivity index (χ1n) is 9.09. The van der Waals surface area contributed by atoms with Crippen LogP contribution < -0.4 is 5.32 Å². The van der Waals surface area contributed by atoms with Crippen LogP contribution >= 0.6 is 0 Å². The van der Waals surface area contributed by atoms with Crippen molar-refractivity contribution in [2.24, 2.45) is 0 Å². The van der Waals surface area contributed by atoms with Crippen LogP contribution in [0.4, 0.5) is 18.9 Å². The van der Waals surface area contributed by atoms with Crippen LogP contribution in [0.1, 0.15) is 23.6 Å². The average Bonchev–Trinajstić information content (AvgIpc) is 3.20. The average molecular weight is 440 g/mol. The topological polar surface area (TPSA) is 128 Å². The van der Waals surface area contributed by atoms with Crippen LogP contribution in [0.5, 0.6) is 0 Å². The van der Waals surface area contributed by atoms with Crippen molar-refractivity contribution in [3.8, 4) is 23.4 Å². The van der Waals surface area contributed by atoms with E-state index in [2.05, 4.69) is 15.6 Å². The molecule has 0 saturated carbocycles. The number of alkyl halides is 3. The monoisotopic (exact) mass is 440 g/mol. The normalized spacial score (nSPS) is 13.0. The summed E-state index contributed by atoms with van der Waals surface area (Å²) in [6.45, 7) is 0.851. The molecule has 0 saturated heterocycles. The van der Waals surface area contributed by atoms with Crippen LogP contribution in [0.15, 0.2) is 48.7 Å². The summed E-state index contributed by atoms with van der Waals surface area (Å²) >= 11 is 0. The molecule has 0 spiro atoms. The zero-order valence-electron chi connectivity index (χ0n) is 16.6. The summed E-state index contributed by atoms with van der Waals surface area (Å²) in [6, 6.07) is 12.7. The number of carbonyl (C=O) groups excluding carboxylic acids is 1. The van der Waals surface area contributed by atoms with Crippen LogP contribution in [-0.4, -0.2) is 31.6 Å². The van der Waals surface area contributed by atoms with Gasteiger partial charge in [-0.15, -0.1) is 5.10 Å². The number of anilines is 1. The fraction of sp³-hybridized carbons (Fsp3) is 0.190. The standard InChI is InChI=1S/C21H15F3N6O2/c1-20(32,12-30-11-18(28-29-30)14-4-2-13(9-25)3-5-14)19(31)27-16-7-6-15(10-26)17(8-16)21(22,23)24/h2-8,11,32H,12H2,1H3,(H,27,31). The molecule has 2 aromatic carbocycles. The molecule has 0 fully saturated rings. The first-order chi connectivity index (χ1) is 15.0. The molecule has 3 rings (SSSR count). The Labute approximate surface area is 180 Å². The second-order valence-electron chi connectivity index (χ2n) is 7.09. The molecule has 1 heterocycles. The Morgan fingerprint density at radius 3 is 2.44 bits per heavy atom. The van der Waals surface area contributed by atoms with Crippen LogP contribution in [0.3, 0.4) is 0 Å². The fourth-order valence-electron chi connectivity index (χ4n) is 2.83. The van der Waals surface area contributed by atoms with Crippen molar-refractivity contribution in [3.63, 3.8) is 0 Å². The number of hydrogen-bond acceptors (Lipinski definition) is 6. The van der Waals surface area contributed by atoms with Crippen molar-refractivity contribution in [2.45, 2.75) is 25.2 Å². The molecule has 1 unspecified atom stereocenters. The lowest BCUT2D eigenvalue weighted by atomic mass is 10.0. The summed E-state index contributed by atoms with van der Waals surface area (Å²) in [5, 5.41) is 38.3. The lowest BCUT2D eigenvalue weighted by molar-refractivity contribution is -0.138. The van der Waals surface area contributed by atoms with Crippen molar-refractivity contribution in [1.82, 2.24) is 15.0 Å². The molecule has 3 aromatic rings. The van der Waals surface area contributed by atoms with Crippen molar-refractivity contribution >= 4 is 11.6 Å². The Kier molecular flexibility index (Phi) is 5.96. The number of aromatic nitrogens is 3. The van der Waals surface area contributed by atoms with Gasteiger partial charge in [-0.05, 0) is 37.3 Å². The van der Waals surface area contributed by atoms with Gasteiger partial charge in [0, 0.05) is 11.3 Å². The number of nitrogens with one attached hydrogen (secondary N) is 1. The van der Waals surface area contributed by atoms with Gasteiger partial charge in [0.05, 0.1) is 41.6 Å². The van der Waals surface area contributed by atoms with Crippen LogP contribution in [-0.2, 0) is 17.5 Å². The van der Waals surface area contributed by atoms with Crippen molar-refractivity contribution in [2.75, 3.05) is 5.32 Å². The molecule has 0 aliphatic rings. The van der Waals surface area contributed by atoms with Crippen LogP contribution in [0.2, 0.25) is 0 Å². The van der Waals surface area contributed by atoms with Crippen LogP contribution in [0, 0.1) is 22.7 Å². The number of amides is 1. The van der Waals surface area contributed by atoms with E-state index in [1.807, 2.05) is 6.07 Å². The number of hydrogen-bond donors (Lipinski definition) is 2. The molecule has 0 radical (unpaired) electrons. The SMILES string of the molecule is CC(O)(Cn1cc(-c2ccc(C#N)cc2)nn1)C(=O)Nc1ccc(C#N)c(C(F)(F)F)c1. The van der Waals surface area contributed by atoms with E-state index in [0.29, 0.717) is 22.9 Å². The van der Waals surface area contributed by atoms with Gasteiger partial charge in [0.25, 0.3) is 5.91 Å². The van der Waals surface area contributed by atoms with E-state index in [0.717, 1.165) is 12.1 Å². The predicted octanol–water partition coefficient (Wildman–Crippen LogP) is 3.10. The van der Waals surface area contributed by atoms with Gasteiger partial charge in [0.1, 0.15) is 5.69 Å².